The summed E-state index contributed by atoms with van der Waals surface area (Å²) in [4.78, 5) is 26.4. The number of carbonyl (C=O) groups excluding carboxylic acids is 2. The molecule has 0 fully saturated rings. The monoisotopic (exact) mass is 468 g/mol. The normalized spacial score (nSPS) is 17.1. The molecule has 174 valence electrons. The first-order chi connectivity index (χ1) is 15.4. The molecule has 1 aliphatic heterocycles. The second-order valence-electron chi connectivity index (χ2n) is 9.39. The Bertz CT molecular complexity index is 1350. The minimum absolute atomic E-state index is 0.114. The van der Waals surface area contributed by atoms with Gasteiger partial charge in [-0.1, -0.05) is 35.9 Å². The highest BCUT2D eigenvalue weighted by atomic mass is 32.2. The van der Waals surface area contributed by atoms with Crippen LogP contribution in [0.3, 0.4) is 0 Å². The first-order valence-electron chi connectivity index (χ1n) is 10.9. The van der Waals surface area contributed by atoms with E-state index < -0.39 is 27.8 Å². The summed E-state index contributed by atoms with van der Waals surface area (Å²) < 4.78 is 35.4. The molecule has 0 saturated carbocycles. The van der Waals surface area contributed by atoms with E-state index >= 15 is 0 Å². The molecule has 33 heavy (non-hydrogen) atoms. The van der Waals surface area contributed by atoms with Crippen LogP contribution in [-0.4, -0.2) is 41.3 Å². The van der Waals surface area contributed by atoms with Crippen molar-refractivity contribution in [3.8, 4) is 0 Å². The lowest BCUT2D eigenvalue weighted by molar-refractivity contribution is -0.121. The van der Waals surface area contributed by atoms with Crippen molar-refractivity contribution in [1.82, 2.24) is 8.87 Å². The number of sulfonamides is 1. The molecule has 1 atom stereocenters. The van der Waals surface area contributed by atoms with Gasteiger partial charge in [-0.15, -0.1) is 0 Å². The van der Waals surface area contributed by atoms with Crippen molar-refractivity contribution in [3.63, 3.8) is 0 Å². The second kappa shape index (κ2) is 8.11. The number of benzene rings is 2. The third-order valence-electron chi connectivity index (χ3n) is 5.74. The molecule has 1 aliphatic rings. The quantitative estimate of drug-likeness (QED) is 0.560. The van der Waals surface area contributed by atoms with Gasteiger partial charge in [0.25, 0.3) is 0 Å². The molecule has 2 aromatic carbocycles. The minimum Gasteiger partial charge on any atom is -0.443 e. The van der Waals surface area contributed by atoms with E-state index in [2.05, 4.69) is 0 Å². The number of aryl methyl sites for hydroxylation is 1. The molecule has 8 heteroatoms. The molecular formula is C25H28N2O5S. The van der Waals surface area contributed by atoms with Crippen LogP contribution < -0.4 is 0 Å². The second-order valence-corrected chi connectivity index (χ2v) is 11.3. The van der Waals surface area contributed by atoms with Crippen molar-refractivity contribution in [2.24, 2.45) is 0 Å². The highest BCUT2D eigenvalue weighted by Gasteiger charge is 2.43. The Labute approximate surface area is 194 Å². The van der Waals surface area contributed by atoms with Crippen molar-refractivity contribution in [3.05, 3.63) is 65.4 Å². The Kier molecular flexibility index (Phi) is 5.70. The summed E-state index contributed by atoms with van der Waals surface area (Å²) in [5, 5.41) is 0.817. The number of rotatable bonds is 3. The van der Waals surface area contributed by atoms with E-state index in [1.165, 1.54) is 15.8 Å². The maximum Gasteiger partial charge on any atom is 0.419 e. The fourth-order valence-corrected chi connectivity index (χ4v) is 5.98. The number of ether oxygens (including phenoxy) is 1. The fraction of sp³-hybridized carbons (Fsp3) is 0.360. The van der Waals surface area contributed by atoms with Gasteiger partial charge >= 0.3 is 6.09 Å². The molecule has 0 bridgehead atoms. The smallest absolute Gasteiger partial charge is 0.419 e. The van der Waals surface area contributed by atoms with Gasteiger partial charge in [-0.25, -0.2) is 17.8 Å². The molecule has 2 heterocycles. The molecule has 0 spiro atoms. The lowest BCUT2D eigenvalue weighted by Crippen LogP contribution is -2.44. The number of aromatic nitrogens is 1. The van der Waals surface area contributed by atoms with Crippen molar-refractivity contribution in [2.45, 2.75) is 57.6 Å². The van der Waals surface area contributed by atoms with Gasteiger partial charge in [0.1, 0.15) is 11.6 Å². The molecule has 0 N–H and O–H groups in total. The molecule has 0 saturated heterocycles. The Hall–Kier alpha value is -2.97. The van der Waals surface area contributed by atoms with Crippen LogP contribution in [0.15, 0.2) is 53.4 Å². The summed E-state index contributed by atoms with van der Waals surface area (Å²) in [7, 11) is -3.98. The Morgan fingerprint density at radius 2 is 1.67 bits per heavy atom. The summed E-state index contributed by atoms with van der Waals surface area (Å²) >= 11 is 0. The molecule has 3 aromatic rings. The number of ketones is 1. The number of nitrogens with zero attached hydrogens (tertiary/aromatic N) is 2. The standard InChI is InChI=1S/C25H28N2O5S/c1-16-10-12-18(13-11-16)33(30,31)26-15-14-20-19-8-6-7-9-21(19)27(23(20)22(26)17(2)28)24(29)32-25(3,4)5/h6-13,22H,14-15H2,1-5H3. The SMILES string of the molecule is CC(=O)C1c2c(c3ccccc3n2C(=O)OC(C)(C)C)CCN1S(=O)(=O)c1ccc(C)cc1. The highest BCUT2D eigenvalue weighted by Crippen LogP contribution is 2.40. The molecule has 7 nitrogen and oxygen atoms in total. The van der Waals surface area contributed by atoms with Crippen LogP contribution in [0, 0.1) is 6.92 Å². The molecule has 4 rings (SSSR count). The van der Waals surface area contributed by atoms with Gasteiger partial charge in [-0.2, -0.15) is 4.31 Å². The lowest BCUT2D eigenvalue weighted by Gasteiger charge is -2.34. The van der Waals surface area contributed by atoms with Gasteiger partial charge in [-0.3, -0.25) is 4.79 Å². The number of carbonyl (C=O) groups is 2. The number of hydrogen-bond acceptors (Lipinski definition) is 5. The van der Waals surface area contributed by atoms with Crippen molar-refractivity contribution < 1.29 is 22.7 Å². The van der Waals surface area contributed by atoms with E-state index in [-0.39, 0.29) is 17.2 Å². The van der Waals surface area contributed by atoms with Crippen molar-refractivity contribution in [1.29, 1.82) is 0 Å². The summed E-state index contributed by atoms with van der Waals surface area (Å²) in [6.07, 6.45) is -0.263. The summed E-state index contributed by atoms with van der Waals surface area (Å²) in [6, 6.07) is 12.7. The highest BCUT2D eigenvalue weighted by molar-refractivity contribution is 7.89. The zero-order valence-corrected chi connectivity index (χ0v) is 20.3. The maximum atomic E-state index is 13.6. The van der Waals surface area contributed by atoms with Crippen LogP contribution in [-0.2, 0) is 26.0 Å². The van der Waals surface area contributed by atoms with Crippen LogP contribution in [0.4, 0.5) is 4.79 Å². The molecule has 1 unspecified atom stereocenters. The minimum atomic E-state index is -3.98. The van der Waals surface area contributed by atoms with E-state index in [4.69, 9.17) is 4.74 Å². The van der Waals surface area contributed by atoms with E-state index in [0.717, 1.165) is 16.5 Å². The van der Waals surface area contributed by atoms with Gasteiger partial charge in [0.05, 0.1) is 16.1 Å². The van der Waals surface area contributed by atoms with Gasteiger partial charge in [0.15, 0.2) is 5.78 Å². The zero-order valence-electron chi connectivity index (χ0n) is 19.5. The van der Waals surface area contributed by atoms with Crippen LogP contribution in [0.25, 0.3) is 10.9 Å². The van der Waals surface area contributed by atoms with Gasteiger partial charge in [0, 0.05) is 11.9 Å². The zero-order chi connectivity index (χ0) is 24.1. The predicted octanol–water partition coefficient (Wildman–Crippen LogP) is 4.61. The topological polar surface area (TPSA) is 85.7 Å². The van der Waals surface area contributed by atoms with E-state index in [0.29, 0.717) is 17.6 Å². The summed E-state index contributed by atoms with van der Waals surface area (Å²) in [5.74, 6) is -0.362. The van der Waals surface area contributed by atoms with E-state index in [9.17, 15) is 18.0 Å². The average molecular weight is 469 g/mol. The van der Waals surface area contributed by atoms with Crippen molar-refractivity contribution >= 4 is 32.8 Å². The third-order valence-corrected chi connectivity index (χ3v) is 7.62. The number of fused-ring (bicyclic) bond motifs is 3. The van der Waals surface area contributed by atoms with Crippen molar-refractivity contribution in [2.75, 3.05) is 6.54 Å². The first kappa shape index (κ1) is 23.2. The number of para-hydroxylation sites is 1. The summed E-state index contributed by atoms with van der Waals surface area (Å²) in [6.45, 7) is 8.66. The predicted molar refractivity (Wildman–Crippen MR) is 126 cm³/mol. The molecule has 0 aliphatic carbocycles. The van der Waals surface area contributed by atoms with Gasteiger partial charge in [-0.05, 0) is 64.8 Å². The number of hydrogen-bond donors (Lipinski definition) is 0. The van der Waals surface area contributed by atoms with E-state index in [1.54, 1.807) is 57.2 Å². The van der Waals surface area contributed by atoms with Gasteiger partial charge < -0.3 is 4.74 Å². The molecular weight excluding hydrogens is 440 g/mol. The Morgan fingerprint density at radius 1 is 1.03 bits per heavy atom. The Balaban J connectivity index is 1.94. The maximum absolute atomic E-state index is 13.6. The third kappa shape index (κ3) is 4.09. The lowest BCUT2D eigenvalue weighted by atomic mass is 9.97. The van der Waals surface area contributed by atoms with Crippen LogP contribution in [0.2, 0.25) is 0 Å². The summed E-state index contributed by atoms with van der Waals surface area (Å²) in [5.41, 5.74) is 1.93. The Morgan fingerprint density at radius 3 is 2.27 bits per heavy atom. The van der Waals surface area contributed by atoms with Gasteiger partial charge in [0.2, 0.25) is 10.0 Å². The molecule has 0 radical (unpaired) electrons. The largest absolute Gasteiger partial charge is 0.443 e. The average Bonchev–Trinajstić information content (AvgIpc) is 3.06. The van der Waals surface area contributed by atoms with Crippen LogP contribution in [0.1, 0.15) is 50.6 Å². The first-order valence-corrected chi connectivity index (χ1v) is 12.3. The van der Waals surface area contributed by atoms with Crippen LogP contribution >= 0.6 is 0 Å². The van der Waals surface area contributed by atoms with Crippen LogP contribution in [0.5, 0.6) is 0 Å². The number of Topliss-reactive ketones (excluding diaryl/α,β-unsaturated/α-hetero) is 1. The molecule has 0 amide bonds. The van der Waals surface area contributed by atoms with E-state index in [1.807, 2.05) is 19.1 Å². The molecule has 1 aromatic heterocycles. The fourth-order valence-electron chi connectivity index (χ4n) is 4.37.